The van der Waals surface area contributed by atoms with Crippen LogP contribution in [0.4, 0.5) is 0 Å². The van der Waals surface area contributed by atoms with Crippen LogP contribution in [0.3, 0.4) is 0 Å². The van der Waals surface area contributed by atoms with Crippen molar-refractivity contribution >= 4 is 11.6 Å². The molecule has 14 heavy (non-hydrogen) atoms. The number of halogens is 1. The number of hydrogen-bond acceptors (Lipinski definition) is 0. The number of hydrogen-bond donors (Lipinski definition) is 0. The Kier molecular flexibility index (Phi) is 5.03. The van der Waals surface area contributed by atoms with E-state index >= 15 is 0 Å². The van der Waals surface area contributed by atoms with Gasteiger partial charge in [-0.15, -0.1) is 11.6 Å². The zero-order valence-electron chi connectivity index (χ0n) is 9.09. The minimum atomic E-state index is 0.303. The van der Waals surface area contributed by atoms with E-state index in [1.54, 1.807) is 0 Å². The molecule has 0 nitrogen and oxygen atoms in total. The smallest absolute Gasteiger partial charge is 0.0376 e. The second kappa shape index (κ2) is 6.08. The molecule has 0 amide bonds. The molecule has 0 fully saturated rings. The highest BCUT2D eigenvalue weighted by Crippen LogP contribution is 2.15. The molecule has 0 N–H and O–H groups in total. The first kappa shape index (κ1) is 11.6. The molecule has 0 aromatic heterocycles. The molecule has 1 unspecified atom stereocenters. The predicted octanol–water partition coefficient (Wildman–Crippen LogP) is 4.34. The summed E-state index contributed by atoms with van der Waals surface area (Å²) in [5.74, 6) is 0. The van der Waals surface area contributed by atoms with E-state index in [1.807, 2.05) is 0 Å². The van der Waals surface area contributed by atoms with Crippen molar-refractivity contribution in [3.05, 3.63) is 35.4 Å². The lowest BCUT2D eigenvalue weighted by atomic mass is 10.0. The van der Waals surface area contributed by atoms with Gasteiger partial charge in [0.25, 0.3) is 0 Å². The lowest BCUT2D eigenvalue weighted by Crippen LogP contribution is -2.03. The van der Waals surface area contributed by atoms with Gasteiger partial charge in [-0.25, -0.2) is 0 Å². The van der Waals surface area contributed by atoms with Crippen molar-refractivity contribution in [3.8, 4) is 0 Å². The van der Waals surface area contributed by atoms with E-state index in [4.69, 9.17) is 11.6 Å². The van der Waals surface area contributed by atoms with Gasteiger partial charge in [0, 0.05) is 5.38 Å². The highest BCUT2D eigenvalue weighted by atomic mass is 35.5. The topological polar surface area (TPSA) is 0 Å². The van der Waals surface area contributed by atoms with Gasteiger partial charge in [-0.1, -0.05) is 49.6 Å². The summed E-state index contributed by atoms with van der Waals surface area (Å²) in [6.45, 7) is 4.33. The largest absolute Gasteiger partial charge is 0.123 e. The fourth-order valence-corrected chi connectivity index (χ4v) is 1.96. The van der Waals surface area contributed by atoms with Crippen molar-refractivity contribution in [3.63, 3.8) is 0 Å². The van der Waals surface area contributed by atoms with Crippen molar-refractivity contribution in [2.75, 3.05) is 0 Å². The lowest BCUT2D eigenvalue weighted by Gasteiger charge is -2.08. The molecule has 0 bridgehead atoms. The summed E-state index contributed by atoms with van der Waals surface area (Å²) in [4.78, 5) is 0. The van der Waals surface area contributed by atoms with Gasteiger partial charge in [-0.3, -0.25) is 0 Å². The van der Waals surface area contributed by atoms with Crippen molar-refractivity contribution in [1.82, 2.24) is 0 Å². The zero-order chi connectivity index (χ0) is 10.4. The van der Waals surface area contributed by atoms with Crippen LogP contribution in [0.25, 0.3) is 0 Å². The van der Waals surface area contributed by atoms with Crippen molar-refractivity contribution in [2.24, 2.45) is 0 Å². The van der Waals surface area contributed by atoms with Crippen LogP contribution < -0.4 is 0 Å². The molecule has 0 saturated heterocycles. The predicted molar refractivity (Wildman–Crippen MR) is 64.0 cm³/mol. The maximum Gasteiger partial charge on any atom is 0.0376 e. The second-order valence-electron chi connectivity index (χ2n) is 3.93. The second-order valence-corrected chi connectivity index (χ2v) is 4.55. The molecule has 1 aromatic rings. The molecule has 0 heterocycles. The van der Waals surface area contributed by atoms with E-state index in [1.165, 1.54) is 24.0 Å². The van der Waals surface area contributed by atoms with Gasteiger partial charge >= 0.3 is 0 Å². The summed E-state index contributed by atoms with van der Waals surface area (Å²) in [5.41, 5.74) is 2.68. The summed E-state index contributed by atoms with van der Waals surface area (Å²) in [6.07, 6.45) is 4.60. The Morgan fingerprint density at radius 1 is 1.36 bits per heavy atom. The summed E-state index contributed by atoms with van der Waals surface area (Å²) in [7, 11) is 0. The Bertz CT molecular complexity index is 268. The van der Waals surface area contributed by atoms with Gasteiger partial charge in [-0.2, -0.15) is 0 Å². The summed E-state index contributed by atoms with van der Waals surface area (Å²) >= 11 is 6.25. The molecule has 0 radical (unpaired) electrons. The fourth-order valence-electron chi connectivity index (χ4n) is 1.62. The molecule has 1 aromatic carbocycles. The summed E-state index contributed by atoms with van der Waals surface area (Å²) < 4.78 is 0. The van der Waals surface area contributed by atoms with Crippen molar-refractivity contribution in [1.29, 1.82) is 0 Å². The van der Waals surface area contributed by atoms with Crippen LogP contribution in [0, 0.1) is 6.92 Å². The van der Waals surface area contributed by atoms with Crippen LogP contribution in [0.2, 0.25) is 0 Å². The van der Waals surface area contributed by atoms with Crippen LogP contribution in [0.1, 0.15) is 37.3 Å². The SMILES string of the molecule is CCCCC(Cl)Cc1cccc(C)c1. The van der Waals surface area contributed by atoms with Crippen LogP contribution in [-0.4, -0.2) is 5.38 Å². The molecular weight excluding hydrogens is 192 g/mol. The van der Waals surface area contributed by atoms with Gasteiger partial charge in [0.1, 0.15) is 0 Å². The molecule has 78 valence electrons. The maximum absolute atomic E-state index is 6.25. The Labute approximate surface area is 92.3 Å². The first-order chi connectivity index (χ1) is 6.72. The van der Waals surface area contributed by atoms with Crippen LogP contribution in [0.5, 0.6) is 0 Å². The first-order valence-electron chi connectivity index (χ1n) is 5.42. The van der Waals surface area contributed by atoms with E-state index < -0.39 is 0 Å². The Balaban J connectivity index is 2.43. The van der Waals surface area contributed by atoms with Crippen LogP contribution >= 0.6 is 11.6 Å². The zero-order valence-corrected chi connectivity index (χ0v) is 9.85. The minimum Gasteiger partial charge on any atom is -0.123 e. The summed E-state index contributed by atoms with van der Waals surface area (Å²) in [6, 6.07) is 8.61. The van der Waals surface area contributed by atoms with E-state index in [-0.39, 0.29) is 0 Å². The van der Waals surface area contributed by atoms with Gasteiger partial charge in [0.2, 0.25) is 0 Å². The third kappa shape index (κ3) is 4.15. The average molecular weight is 211 g/mol. The number of benzene rings is 1. The maximum atomic E-state index is 6.25. The van der Waals surface area contributed by atoms with Crippen molar-refractivity contribution in [2.45, 2.75) is 44.9 Å². The van der Waals surface area contributed by atoms with Gasteiger partial charge in [0.05, 0.1) is 0 Å². The van der Waals surface area contributed by atoms with Gasteiger partial charge < -0.3 is 0 Å². The molecular formula is C13H19Cl. The lowest BCUT2D eigenvalue weighted by molar-refractivity contribution is 0.674. The van der Waals surface area contributed by atoms with E-state index in [0.717, 1.165) is 12.8 Å². The Hall–Kier alpha value is -0.490. The fraction of sp³-hybridized carbons (Fsp3) is 0.538. The number of rotatable bonds is 5. The molecule has 1 rings (SSSR count). The average Bonchev–Trinajstić information content (AvgIpc) is 2.15. The van der Waals surface area contributed by atoms with Crippen LogP contribution in [0.15, 0.2) is 24.3 Å². The molecule has 0 aliphatic carbocycles. The van der Waals surface area contributed by atoms with E-state index in [2.05, 4.69) is 38.1 Å². The first-order valence-corrected chi connectivity index (χ1v) is 5.85. The molecule has 1 heteroatoms. The van der Waals surface area contributed by atoms with Crippen LogP contribution in [-0.2, 0) is 6.42 Å². The third-order valence-electron chi connectivity index (χ3n) is 2.41. The quantitative estimate of drug-likeness (QED) is 0.635. The van der Waals surface area contributed by atoms with Crippen molar-refractivity contribution < 1.29 is 0 Å². The van der Waals surface area contributed by atoms with Gasteiger partial charge in [-0.05, 0) is 25.3 Å². The van der Waals surface area contributed by atoms with E-state index in [0.29, 0.717) is 5.38 Å². The molecule has 0 aliphatic rings. The normalized spacial score (nSPS) is 12.8. The number of unbranched alkanes of at least 4 members (excludes halogenated alkanes) is 1. The molecule has 0 aliphatic heterocycles. The third-order valence-corrected chi connectivity index (χ3v) is 2.78. The number of alkyl halides is 1. The number of aryl methyl sites for hydroxylation is 1. The molecule has 0 spiro atoms. The van der Waals surface area contributed by atoms with E-state index in [9.17, 15) is 0 Å². The highest BCUT2D eigenvalue weighted by Gasteiger charge is 2.04. The Morgan fingerprint density at radius 2 is 2.14 bits per heavy atom. The molecule has 1 atom stereocenters. The summed E-state index contributed by atoms with van der Waals surface area (Å²) in [5, 5.41) is 0.303. The molecule has 0 saturated carbocycles. The highest BCUT2D eigenvalue weighted by molar-refractivity contribution is 6.20. The minimum absolute atomic E-state index is 0.303. The van der Waals surface area contributed by atoms with Gasteiger partial charge in [0.15, 0.2) is 0 Å². The standard InChI is InChI=1S/C13H19Cl/c1-3-4-8-13(14)10-12-7-5-6-11(2)9-12/h5-7,9,13H,3-4,8,10H2,1-2H3. The Morgan fingerprint density at radius 3 is 2.79 bits per heavy atom. The monoisotopic (exact) mass is 210 g/mol.